The fraction of sp³-hybridized carbons (Fsp3) is 0.207. The van der Waals surface area contributed by atoms with Crippen molar-refractivity contribution in [3.05, 3.63) is 82.3 Å². The van der Waals surface area contributed by atoms with E-state index in [1.54, 1.807) is 7.11 Å². The number of phenols is 1. The first-order chi connectivity index (χ1) is 18.1. The van der Waals surface area contributed by atoms with Crippen molar-refractivity contribution in [3.63, 3.8) is 0 Å². The largest absolute Gasteiger partial charge is 0.507 e. The summed E-state index contributed by atoms with van der Waals surface area (Å²) in [5.41, 5.74) is -1.21. The van der Waals surface area contributed by atoms with Crippen LogP contribution in [0.1, 0.15) is 35.3 Å². The van der Waals surface area contributed by atoms with Gasteiger partial charge in [-0.2, -0.15) is 0 Å². The van der Waals surface area contributed by atoms with E-state index in [1.165, 1.54) is 20.1 Å². The summed E-state index contributed by atoms with van der Waals surface area (Å²) in [6.07, 6.45) is 1.16. The molecule has 0 unspecified atom stereocenters. The van der Waals surface area contributed by atoms with Crippen LogP contribution in [0.15, 0.2) is 65.6 Å². The molecule has 1 atom stereocenters. The molecule has 0 saturated heterocycles. The van der Waals surface area contributed by atoms with E-state index in [-0.39, 0.29) is 40.7 Å². The lowest BCUT2D eigenvalue weighted by atomic mass is 9.71. The summed E-state index contributed by atoms with van der Waals surface area (Å²) in [7, 11) is 2.93. The number of ether oxygens (including phenoxy) is 3. The van der Waals surface area contributed by atoms with Gasteiger partial charge >= 0.3 is 0 Å². The van der Waals surface area contributed by atoms with Gasteiger partial charge in [-0.25, -0.2) is 0 Å². The van der Waals surface area contributed by atoms with Crippen LogP contribution in [0.25, 0.3) is 10.8 Å². The van der Waals surface area contributed by atoms with E-state index in [0.717, 1.165) is 29.3 Å². The number of nitrogens with one attached hydrogen (secondary N) is 1. The Balaban J connectivity index is 1.56. The predicted octanol–water partition coefficient (Wildman–Crippen LogP) is 4.01. The number of hydrogen-bond donors (Lipinski definition) is 3. The molecule has 38 heavy (non-hydrogen) atoms. The molecule has 9 nitrogen and oxygen atoms in total. The van der Waals surface area contributed by atoms with Gasteiger partial charge in [0.2, 0.25) is 0 Å². The van der Waals surface area contributed by atoms with Crippen LogP contribution in [0.3, 0.4) is 0 Å². The molecule has 1 aliphatic carbocycles. The fourth-order valence-corrected chi connectivity index (χ4v) is 5.15. The number of aliphatic hydroxyl groups excluding tert-OH is 1. The van der Waals surface area contributed by atoms with Gasteiger partial charge in [0, 0.05) is 24.1 Å². The highest BCUT2D eigenvalue weighted by molar-refractivity contribution is 6.25. The van der Waals surface area contributed by atoms with E-state index in [2.05, 4.69) is 5.32 Å². The highest BCUT2D eigenvalue weighted by Gasteiger charge is 2.55. The molecule has 0 radical (unpaired) electrons. The van der Waals surface area contributed by atoms with Crippen LogP contribution in [0.5, 0.6) is 23.0 Å². The molecule has 3 aromatic carbocycles. The minimum atomic E-state index is -1.62. The number of allylic oxidation sites excluding steroid dienone is 3. The predicted molar refractivity (Wildman–Crippen MR) is 138 cm³/mol. The van der Waals surface area contributed by atoms with Crippen molar-refractivity contribution < 1.29 is 38.8 Å². The van der Waals surface area contributed by atoms with Crippen molar-refractivity contribution in [2.45, 2.75) is 25.8 Å². The summed E-state index contributed by atoms with van der Waals surface area (Å²) < 4.78 is 16.8. The van der Waals surface area contributed by atoms with Crippen LogP contribution >= 0.6 is 0 Å². The summed E-state index contributed by atoms with van der Waals surface area (Å²) in [6, 6.07) is 12.5. The number of ketones is 2. The Hall–Kier alpha value is -4.79. The number of carbonyl (C=O) groups is 3. The van der Waals surface area contributed by atoms with Crippen LogP contribution in [-0.4, -0.2) is 41.9 Å². The Morgan fingerprint density at radius 3 is 2.37 bits per heavy atom. The van der Waals surface area contributed by atoms with Crippen molar-refractivity contribution in [1.82, 2.24) is 5.32 Å². The third kappa shape index (κ3) is 3.50. The summed E-state index contributed by atoms with van der Waals surface area (Å²) >= 11 is 0. The number of amides is 1. The van der Waals surface area contributed by atoms with Crippen LogP contribution in [0.4, 0.5) is 0 Å². The molecule has 1 amide bonds. The molecule has 0 spiro atoms. The van der Waals surface area contributed by atoms with Crippen molar-refractivity contribution >= 4 is 28.2 Å². The average molecular weight is 516 g/mol. The lowest BCUT2D eigenvalue weighted by molar-refractivity contribution is -0.123. The minimum Gasteiger partial charge on any atom is -0.507 e. The Kier molecular flexibility index (Phi) is 5.86. The molecule has 2 aliphatic rings. The SMILES string of the molecule is COc1cc(O)c2c(c1C(=O)NCc1ccc(OC)c3ccccc13)OC1=CC(O)=C(C(C)=O)C(=O)[C@]12C. The number of phenolic OH excluding ortho intramolecular Hbond substituents is 1. The zero-order valence-electron chi connectivity index (χ0n) is 21.2. The molecule has 1 heterocycles. The Labute approximate surface area is 217 Å². The monoisotopic (exact) mass is 515 g/mol. The summed E-state index contributed by atoms with van der Waals surface area (Å²) in [5, 5.41) is 25.9. The number of benzene rings is 3. The van der Waals surface area contributed by atoms with E-state index in [1.807, 2.05) is 36.4 Å². The third-order valence-electron chi connectivity index (χ3n) is 7.07. The molecule has 194 valence electrons. The number of Topliss-reactive ketones (excluding diaryl/α,β-unsaturated/α-hetero) is 2. The standard InChI is InChI=1S/C29H25NO8/c1-14(31)23-18(32)12-22-29(2,27(23)34)25-19(33)11-21(37-4)24(26(25)38-22)28(35)30-13-15-9-10-20(36-3)17-8-6-5-7-16(15)17/h5-12,32-33H,13H2,1-4H3,(H,30,35)/t29-/m1/s1. The number of fused-ring (bicyclic) bond motifs is 4. The van der Waals surface area contributed by atoms with Gasteiger partial charge in [0.1, 0.15) is 45.3 Å². The topological polar surface area (TPSA) is 131 Å². The summed E-state index contributed by atoms with van der Waals surface area (Å²) in [4.78, 5) is 39.1. The Morgan fingerprint density at radius 1 is 1.03 bits per heavy atom. The third-order valence-corrected chi connectivity index (χ3v) is 7.07. The number of hydrogen-bond acceptors (Lipinski definition) is 8. The quantitative estimate of drug-likeness (QED) is 0.420. The van der Waals surface area contributed by atoms with Gasteiger partial charge in [0.15, 0.2) is 17.3 Å². The molecule has 3 N–H and O–H groups in total. The molecule has 0 saturated carbocycles. The lowest BCUT2D eigenvalue weighted by Gasteiger charge is -2.27. The van der Waals surface area contributed by atoms with Crippen LogP contribution < -0.4 is 19.5 Å². The minimum absolute atomic E-state index is 0.0147. The van der Waals surface area contributed by atoms with Crippen LogP contribution in [0, 0.1) is 0 Å². The smallest absolute Gasteiger partial charge is 0.259 e. The molecular formula is C29H25NO8. The first kappa shape index (κ1) is 24.9. The second kappa shape index (κ2) is 8.95. The number of methoxy groups -OCH3 is 2. The second-order valence-electron chi connectivity index (χ2n) is 9.21. The second-order valence-corrected chi connectivity index (χ2v) is 9.21. The number of carbonyl (C=O) groups excluding carboxylic acids is 3. The van der Waals surface area contributed by atoms with Crippen molar-refractivity contribution in [3.8, 4) is 23.0 Å². The van der Waals surface area contributed by atoms with Gasteiger partial charge in [-0.05, 0) is 30.9 Å². The van der Waals surface area contributed by atoms with E-state index >= 15 is 0 Å². The number of rotatable bonds is 6. The number of aromatic hydroxyl groups is 1. The lowest BCUT2D eigenvalue weighted by Crippen LogP contribution is -2.38. The van der Waals surface area contributed by atoms with Gasteiger partial charge in [0.25, 0.3) is 5.91 Å². The molecular weight excluding hydrogens is 490 g/mol. The molecule has 1 aliphatic heterocycles. The zero-order chi connectivity index (χ0) is 27.4. The number of aliphatic hydroxyl groups is 1. The van der Waals surface area contributed by atoms with Gasteiger partial charge in [-0.3, -0.25) is 14.4 Å². The molecule has 3 aromatic rings. The van der Waals surface area contributed by atoms with Crippen molar-refractivity contribution in [2.75, 3.05) is 14.2 Å². The maximum Gasteiger partial charge on any atom is 0.259 e. The van der Waals surface area contributed by atoms with Crippen molar-refractivity contribution in [2.24, 2.45) is 0 Å². The van der Waals surface area contributed by atoms with Crippen molar-refractivity contribution in [1.29, 1.82) is 0 Å². The Bertz CT molecular complexity index is 1620. The molecule has 0 aromatic heterocycles. The molecule has 0 bridgehead atoms. The van der Waals surface area contributed by atoms with E-state index in [0.29, 0.717) is 5.75 Å². The van der Waals surface area contributed by atoms with E-state index in [9.17, 15) is 24.6 Å². The van der Waals surface area contributed by atoms with E-state index in [4.69, 9.17) is 14.2 Å². The van der Waals surface area contributed by atoms with Gasteiger partial charge in [-0.1, -0.05) is 30.3 Å². The summed E-state index contributed by atoms with van der Waals surface area (Å²) in [6.45, 7) is 2.79. The molecule has 9 heteroatoms. The first-order valence-corrected chi connectivity index (χ1v) is 11.8. The zero-order valence-corrected chi connectivity index (χ0v) is 21.2. The molecule has 0 fully saturated rings. The molecule has 5 rings (SSSR count). The Morgan fingerprint density at radius 2 is 1.71 bits per heavy atom. The van der Waals surface area contributed by atoms with Gasteiger partial charge in [0.05, 0.1) is 19.8 Å². The van der Waals surface area contributed by atoms with Crippen LogP contribution in [-0.2, 0) is 21.5 Å². The van der Waals surface area contributed by atoms with Gasteiger partial charge in [-0.15, -0.1) is 0 Å². The maximum absolute atomic E-state index is 13.6. The average Bonchev–Trinajstić information content (AvgIpc) is 3.20. The fourth-order valence-electron chi connectivity index (χ4n) is 5.15. The normalized spacial score (nSPS) is 17.9. The highest BCUT2D eigenvalue weighted by atomic mass is 16.5. The van der Waals surface area contributed by atoms with Crippen LogP contribution in [0.2, 0.25) is 0 Å². The highest BCUT2D eigenvalue weighted by Crippen LogP contribution is 2.56. The maximum atomic E-state index is 13.6. The van der Waals surface area contributed by atoms with E-state index < -0.39 is 34.2 Å². The van der Waals surface area contributed by atoms with Gasteiger partial charge < -0.3 is 29.7 Å². The summed E-state index contributed by atoms with van der Waals surface area (Å²) in [5.74, 6) is -2.19. The first-order valence-electron chi connectivity index (χ1n) is 11.8.